The Morgan fingerprint density at radius 2 is 2.33 bits per heavy atom. The number of pyridine rings is 1. The van der Waals surface area contributed by atoms with Gasteiger partial charge in [-0.25, -0.2) is 4.79 Å². The van der Waals surface area contributed by atoms with Gasteiger partial charge in [0.1, 0.15) is 5.75 Å². The first-order valence-electron chi connectivity index (χ1n) is 3.29. The minimum Gasteiger partial charge on any atom is -0.506 e. The van der Waals surface area contributed by atoms with E-state index in [0.717, 1.165) is 0 Å². The molecule has 0 bridgehead atoms. The fraction of sp³-hybridized carbons (Fsp3) is 0.143. The molecule has 3 N–H and O–H groups in total. The summed E-state index contributed by atoms with van der Waals surface area (Å²) in [6, 6.07) is 3.00. The molecule has 0 aliphatic heterocycles. The molecule has 0 unspecified atom stereocenters. The summed E-state index contributed by atoms with van der Waals surface area (Å²) < 4.78 is 0. The number of carboxylic acid groups (broad SMARTS) is 1. The van der Waals surface area contributed by atoms with E-state index in [1.807, 2.05) is 0 Å². The molecule has 0 fully saturated rings. The van der Waals surface area contributed by atoms with Crippen LogP contribution in [0.25, 0.3) is 0 Å². The average molecular weight is 168 g/mol. The van der Waals surface area contributed by atoms with Crippen molar-refractivity contribution in [3.05, 3.63) is 24.0 Å². The Kier molecular flexibility index (Phi) is 2.47. The fourth-order valence-corrected chi connectivity index (χ4v) is 0.687. The first-order valence-corrected chi connectivity index (χ1v) is 3.29. The molecule has 12 heavy (non-hydrogen) atoms. The zero-order chi connectivity index (χ0) is 8.97. The van der Waals surface area contributed by atoms with Crippen molar-refractivity contribution in [3.63, 3.8) is 0 Å². The monoisotopic (exact) mass is 168 g/mol. The van der Waals surface area contributed by atoms with E-state index in [9.17, 15) is 4.79 Å². The van der Waals surface area contributed by atoms with Gasteiger partial charge in [0.15, 0.2) is 0 Å². The molecule has 0 aliphatic carbocycles. The zero-order valence-electron chi connectivity index (χ0n) is 6.19. The quantitative estimate of drug-likeness (QED) is 0.602. The maximum atomic E-state index is 10.1. The Bertz CT molecular complexity index is 270. The summed E-state index contributed by atoms with van der Waals surface area (Å²) in [5.74, 6) is 0.0640. The van der Waals surface area contributed by atoms with E-state index in [2.05, 4.69) is 10.3 Å². The molecule has 64 valence electrons. The predicted octanol–water partition coefficient (Wildman–Crippen LogP) is 0.555. The van der Waals surface area contributed by atoms with Gasteiger partial charge in [-0.15, -0.1) is 0 Å². The third-order valence-corrected chi connectivity index (χ3v) is 1.23. The molecule has 0 saturated carbocycles. The Labute approximate surface area is 68.7 Å². The highest BCUT2D eigenvalue weighted by Crippen LogP contribution is 2.05. The highest BCUT2D eigenvalue weighted by atomic mass is 16.4. The number of amides is 1. The minimum atomic E-state index is -1.09. The predicted molar refractivity (Wildman–Crippen MR) is 40.8 cm³/mol. The Morgan fingerprint density at radius 1 is 1.58 bits per heavy atom. The van der Waals surface area contributed by atoms with Crippen molar-refractivity contribution in [1.82, 2.24) is 10.3 Å². The van der Waals surface area contributed by atoms with Crippen molar-refractivity contribution in [2.45, 2.75) is 6.54 Å². The molecule has 0 aromatic carbocycles. The van der Waals surface area contributed by atoms with Crippen LogP contribution in [0.1, 0.15) is 5.69 Å². The summed E-state index contributed by atoms with van der Waals surface area (Å²) in [5.41, 5.74) is 0.565. The molecule has 0 spiro atoms. The SMILES string of the molecule is O=C(O)NCc1ccc(O)cn1. The van der Waals surface area contributed by atoms with Gasteiger partial charge in [-0.1, -0.05) is 0 Å². The number of nitrogens with one attached hydrogen (secondary N) is 1. The minimum absolute atomic E-state index is 0.0640. The molecular weight excluding hydrogens is 160 g/mol. The van der Waals surface area contributed by atoms with Crippen LogP contribution in [-0.2, 0) is 6.54 Å². The lowest BCUT2D eigenvalue weighted by molar-refractivity contribution is 0.194. The summed E-state index contributed by atoms with van der Waals surface area (Å²) in [5, 5.41) is 19.2. The molecule has 1 rings (SSSR count). The lowest BCUT2D eigenvalue weighted by Gasteiger charge is -1.99. The van der Waals surface area contributed by atoms with Crippen LogP contribution in [0.3, 0.4) is 0 Å². The van der Waals surface area contributed by atoms with Gasteiger partial charge in [-0.3, -0.25) is 4.98 Å². The summed E-state index contributed by atoms with van der Waals surface area (Å²) in [4.78, 5) is 13.8. The number of rotatable bonds is 2. The smallest absolute Gasteiger partial charge is 0.404 e. The normalized spacial score (nSPS) is 9.33. The van der Waals surface area contributed by atoms with Crippen molar-refractivity contribution >= 4 is 6.09 Å². The van der Waals surface area contributed by atoms with Gasteiger partial charge in [-0.2, -0.15) is 0 Å². The molecular formula is C7H8N2O3. The summed E-state index contributed by atoms with van der Waals surface area (Å²) >= 11 is 0. The van der Waals surface area contributed by atoms with E-state index < -0.39 is 6.09 Å². The van der Waals surface area contributed by atoms with Crippen LogP contribution in [0.2, 0.25) is 0 Å². The van der Waals surface area contributed by atoms with E-state index in [1.165, 1.54) is 12.3 Å². The summed E-state index contributed by atoms with van der Waals surface area (Å²) in [6.45, 7) is 0.148. The second kappa shape index (κ2) is 3.56. The molecule has 0 saturated heterocycles. The van der Waals surface area contributed by atoms with Crippen LogP contribution in [0, 0.1) is 0 Å². The van der Waals surface area contributed by atoms with E-state index >= 15 is 0 Å². The van der Waals surface area contributed by atoms with Gasteiger partial charge < -0.3 is 15.5 Å². The van der Waals surface area contributed by atoms with E-state index in [1.54, 1.807) is 6.07 Å². The average Bonchev–Trinajstić information content (AvgIpc) is 2.03. The van der Waals surface area contributed by atoms with E-state index in [4.69, 9.17) is 10.2 Å². The van der Waals surface area contributed by atoms with Gasteiger partial charge in [-0.05, 0) is 12.1 Å². The van der Waals surface area contributed by atoms with Crippen LogP contribution >= 0.6 is 0 Å². The first-order chi connectivity index (χ1) is 5.68. The first kappa shape index (κ1) is 8.32. The third kappa shape index (κ3) is 2.45. The van der Waals surface area contributed by atoms with Crippen LogP contribution in [0.4, 0.5) is 4.79 Å². The molecule has 1 amide bonds. The zero-order valence-corrected chi connectivity index (χ0v) is 6.19. The second-order valence-electron chi connectivity index (χ2n) is 2.17. The topological polar surface area (TPSA) is 82.5 Å². The van der Waals surface area contributed by atoms with Crippen molar-refractivity contribution in [3.8, 4) is 5.75 Å². The molecule has 0 aliphatic rings. The van der Waals surface area contributed by atoms with Crippen LogP contribution in [-0.4, -0.2) is 21.3 Å². The van der Waals surface area contributed by atoms with Crippen molar-refractivity contribution in [2.75, 3.05) is 0 Å². The van der Waals surface area contributed by atoms with Crippen LogP contribution < -0.4 is 5.32 Å². The molecule has 1 aromatic rings. The number of hydrogen-bond donors (Lipinski definition) is 3. The Balaban J connectivity index is 2.53. The molecule has 0 atom stereocenters. The van der Waals surface area contributed by atoms with Crippen molar-refractivity contribution < 1.29 is 15.0 Å². The Hall–Kier alpha value is -1.78. The number of hydrogen-bond acceptors (Lipinski definition) is 3. The van der Waals surface area contributed by atoms with E-state index in [-0.39, 0.29) is 12.3 Å². The largest absolute Gasteiger partial charge is 0.506 e. The molecule has 5 nitrogen and oxygen atoms in total. The van der Waals surface area contributed by atoms with Gasteiger partial charge >= 0.3 is 6.09 Å². The van der Waals surface area contributed by atoms with Crippen molar-refractivity contribution in [2.24, 2.45) is 0 Å². The molecule has 1 heterocycles. The lowest BCUT2D eigenvalue weighted by atomic mass is 10.3. The fourth-order valence-electron chi connectivity index (χ4n) is 0.687. The number of carbonyl (C=O) groups is 1. The maximum Gasteiger partial charge on any atom is 0.404 e. The Morgan fingerprint density at radius 3 is 2.83 bits per heavy atom. The molecule has 1 aromatic heterocycles. The number of aromatic hydroxyl groups is 1. The van der Waals surface area contributed by atoms with E-state index in [0.29, 0.717) is 5.69 Å². The van der Waals surface area contributed by atoms with Crippen molar-refractivity contribution in [1.29, 1.82) is 0 Å². The second-order valence-corrected chi connectivity index (χ2v) is 2.17. The molecule has 0 radical (unpaired) electrons. The van der Waals surface area contributed by atoms with Gasteiger partial charge in [0.2, 0.25) is 0 Å². The van der Waals surface area contributed by atoms with Crippen LogP contribution in [0.15, 0.2) is 18.3 Å². The molecule has 5 heteroatoms. The van der Waals surface area contributed by atoms with Gasteiger partial charge in [0, 0.05) is 0 Å². The number of nitrogens with zero attached hydrogens (tertiary/aromatic N) is 1. The third-order valence-electron chi connectivity index (χ3n) is 1.23. The maximum absolute atomic E-state index is 10.1. The van der Waals surface area contributed by atoms with Gasteiger partial charge in [0.05, 0.1) is 18.4 Å². The summed E-state index contributed by atoms with van der Waals surface area (Å²) in [6.07, 6.45) is 0.170. The highest BCUT2D eigenvalue weighted by Gasteiger charge is 1.96. The highest BCUT2D eigenvalue weighted by molar-refractivity contribution is 5.64. The lowest BCUT2D eigenvalue weighted by Crippen LogP contribution is -2.20. The summed E-state index contributed by atoms with van der Waals surface area (Å²) in [7, 11) is 0. The van der Waals surface area contributed by atoms with Crippen LogP contribution in [0.5, 0.6) is 5.75 Å². The standard InChI is InChI=1S/C7H8N2O3/c10-6-2-1-5(8-4-6)3-9-7(11)12/h1-2,4,9-10H,3H2,(H,11,12). The van der Waals surface area contributed by atoms with Gasteiger partial charge in [0.25, 0.3) is 0 Å². The number of aromatic nitrogens is 1.